The topological polar surface area (TPSA) is 76.1 Å². The number of anilines is 1. The van der Waals surface area contributed by atoms with Gasteiger partial charge in [0.15, 0.2) is 0 Å². The number of ketones is 1. The summed E-state index contributed by atoms with van der Waals surface area (Å²) >= 11 is 0. The fourth-order valence-electron chi connectivity index (χ4n) is 4.21. The maximum absolute atomic E-state index is 13.3. The van der Waals surface area contributed by atoms with E-state index in [2.05, 4.69) is 0 Å². The van der Waals surface area contributed by atoms with Crippen LogP contribution in [-0.2, 0) is 9.59 Å². The molecule has 1 fully saturated rings. The molecule has 1 aliphatic heterocycles. The zero-order chi connectivity index (χ0) is 24.2. The van der Waals surface area contributed by atoms with E-state index in [1.165, 1.54) is 4.90 Å². The van der Waals surface area contributed by atoms with Gasteiger partial charge in [0.1, 0.15) is 17.3 Å². The molecule has 1 unspecified atom stereocenters. The Morgan fingerprint density at radius 2 is 1.65 bits per heavy atom. The molecule has 1 N–H and O–H groups in total. The lowest BCUT2D eigenvalue weighted by Crippen LogP contribution is -2.29. The van der Waals surface area contributed by atoms with Crippen LogP contribution >= 0.6 is 0 Å². The smallest absolute Gasteiger partial charge is 0.300 e. The molecule has 6 heteroatoms. The van der Waals surface area contributed by atoms with Gasteiger partial charge >= 0.3 is 0 Å². The Morgan fingerprint density at radius 1 is 0.912 bits per heavy atom. The quantitative estimate of drug-likeness (QED) is 0.291. The second-order valence-electron chi connectivity index (χ2n) is 7.92. The van der Waals surface area contributed by atoms with Gasteiger partial charge in [0.25, 0.3) is 11.7 Å². The average Bonchev–Trinajstić information content (AvgIpc) is 3.11. The van der Waals surface area contributed by atoms with Crippen LogP contribution < -0.4 is 14.4 Å². The first-order valence-electron chi connectivity index (χ1n) is 11.3. The lowest BCUT2D eigenvalue weighted by atomic mass is 9.94. The van der Waals surface area contributed by atoms with Gasteiger partial charge in [0.05, 0.1) is 24.8 Å². The van der Waals surface area contributed by atoms with E-state index in [0.29, 0.717) is 41.5 Å². The molecule has 3 aromatic rings. The molecule has 0 bridgehead atoms. The normalized spacial score (nSPS) is 17.1. The number of rotatable bonds is 7. The van der Waals surface area contributed by atoms with E-state index in [9.17, 15) is 14.7 Å². The molecule has 4 rings (SSSR count). The summed E-state index contributed by atoms with van der Waals surface area (Å²) in [5.74, 6) is -0.336. The minimum atomic E-state index is -0.810. The Labute approximate surface area is 199 Å². The number of aryl methyl sites for hydroxylation is 1. The molecule has 3 aromatic carbocycles. The van der Waals surface area contributed by atoms with Crippen molar-refractivity contribution in [1.82, 2.24) is 0 Å². The summed E-state index contributed by atoms with van der Waals surface area (Å²) in [7, 11) is 0. The lowest BCUT2D eigenvalue weighted by Gasteiger charge is -2.25. The van der Waals surface area contributed by atoms with Gasteiger partial charge in [-0.3, -0.25) is 14.5 Å². The predicted octanol–water partition coefficient (Wildman–Crippen LogP) is 5.42. The minimum Gasteiger partial charge on any atom is -0.507 e. The molecule has 6 nitrogen and oxygen atoms in total. The Hall–Kier alpha value is -4.06. The monoisotopic (exact) mass is 457 g/mol. The Kier molecular flexibility index (Phi) is 6.68. The third-order valence-electron chi connectivity index (χ3n) is 5.71. The van der Waals surface area contributed by atoms with Crippen molar-refractivity contribution in [3.63, 3.8) is 0 Å². The van der Waals surface area contributed by atoms with Crippen LogP contribution in [0.15, 0.2) is 78.4 Å². The number of nitrogens with zero attached hydrogens (tertiary/aromatic N) is 1. The second-order valence-corrected chi connectivity index (χ2v) is 7.92. The number of aliphatic hydroxyl groups excluding tert-OH is 1. The number of hydrogen-bond acceptors (Lipinski definition) is 5. The van der Waals surface area contributed by atoms with Crippen LogP contribution in [-0.4, -0.2) is 30.0 Å². The summed E-state index contributed by atoms with van der Waals surface area (Å²) in [6, 6.07) is 20.6. The van der Waals surface area contributed by atoms with E-state index in [4.69, 9.17) is 9.47 Å². The fraction of sp³-hybridized carbons (Fsp3) is 0.214. The van der Waals surface area contributed by atoms with Crippen LogP contribution in [0.1, 0.15) is 36.6 Å². The second kappa shape index (κ2) is 9.83. The molecule has 1 aliphatic rings. The molecule has 1 amide bonds. The molecule has 0 radical (unpaired) electrons. The van der Waals surface area contributed by atoms with Gasteiger partial charge in [-0.05, 0) is 74.4 Å². The summed E-state index contributed by atoms with van der Waals surface area (Å²) in [6.45, 7) is 6.65. The van der Waals surface area contributed by atoms with Crippen molar-refractivity contribution < 1.29 is 24.2 Å². The number of Topliss-reactive ketones (excluding diaryl/α,β-unsaturated/α-hetero) is 1. The highest BCUT2D eigenvalue weighted by Gasteiger charge is 2.47. The van der Waals surface area contributed by atoms with Crippen LogP contribution in [0.5, 0.6) is 11.5 Å². The highest BCUT2D eigenvalue weighted by Crippen LogP contribution is 2.43. The van der Waals surface area contributed by atoms with Crippen molar-refractivity contribution in [2.45, 2.75) is 26.8 Å². The van der Waals surface area contributed by atoms with Gasteiger partial charge in [-0.2, -0.15) is 0 Å². The summed E-state index contributed by atoms with van der Waals surface area (Å²) < 4.78 is 11.2. The molecule has 34 heavy (non-hydrogen) atoms. The van der Waals surface area contributed by atoms with Gasteiger partial charge in [-0.25, -0.2) is 0 Å². The third-order valence-corrected chi connectivity index (χ3v) is 5.71. The first-order chi connectivity index (χ1) is 16.5. The van der Waals surface area contributed by atoms with Gasteiger partial charge < -0.3 is 14.6 Å². The van der Waals surface area contributed by atoms with Crippen LogP contribution in [0.25, 0.3) is 5.76 Å². The van der Waals surface area contributed by atoms with Crippen molar-refractivity contribution in [3.05, 3.63) is 95.1 Å². The van der Waals surface area contributed by atoms with E-state index < -0.39 is 17.7 Å². The van der Waals surface area contributed by atoms with Crippen LogP contribution in [0.3, 0.4) is 0 Å². The summed E-state index contributed by atoms with van der Waals surface area (Å²) in [4.78, 5) is 28.0. The highest BCUT2D eigenvalue weighted by molar-refractivity contribution is 6.51. The number of aliphatic hydroxyl groups is 1. The number of ether oxygens (including phenoxy) is 2. The van der Waals surface area contributed by atoms with Crippen molar-refractivity contribution in [1.29, 1.82) is 0 Å². The first kappa shape index (κ1) is 23.1. The molecule has 1 heterocycles. The molecule has 1 atom stereocenters. The van der Waals surface area contributed by atoms with E-state index >= 15 is 0 Å². The summed E-state index contributed by atoms with van der Waals surface area (Å²) in [5.41, 5.74) is 2.53. The van der Waals surface area contributed by atoms with Gasteiger partial charge in [0.2, 0.25) is 0 Å². The van der Waals surface area contributed by atoms with E-state index in [0.717, 1.165) is 5.56 Å². The molecular weight excluding hydrogens is 430 g/mol. The number of carbonyl (C=O) groups is 2. The van der Waals surface area contributed by atoms with Gasteiger partial charge in [-0.15, -0.1) is 0 Å². The number of benzene rings is 3. The Morgan fingerprint density at radius 3 is 2.32 bits per heavy atom. The molecule has 0 aliphatic carbocycles. The van der Waals surface area contributed by atoms with Gasteiger partial charge in [0, 0.05) is 11.3 Å². The Bertz CT molecular complexity index is 1250. The number of para-hydroxylation sites is 1. The molecule has 0 spiro atoms. The zero-order valence-corrected chi connectivity index (χ0v) is 19.4. The molecular formula is C28H27NO5. The molecule has 0 aromatic heterocycles. The largest absolute Gasteiger partial charge is 0.507 e. The standard InChI is InChI=1S/C28H27NO5/c1-4-33-22-13-9-10-19(17-22)25-24(26(30)20-14-15-23(34-5-2)18(3)16-20)27(31)28(32)29(25)21-11-7-6-8-12-21/h6-17,25,30H,4-5H2,1-3H3/b26-24+. The van der Waals surface area contributed by atoms with Crippen molar-refractivity contribution in [2.75, 3.05) is 18.1 Å². The molecule has 174 valence electrons. The lowest BCUT2D eigenvalue weighted by molar-refractivity contribution is -0.132. The maximum atomic E-state index is 13.3. The summed E-state index contributed by atoms with van der Waals surface area (Å²) in [5, 5.41) is 11.3. The summed E-state index contributed by atoms with van der Waals surface area (Å²) in [6.07, 6.45) is 0. The number of amides is 1. The SMILES string of the molecule is CCOc1cccc(C2/C(=C(\O)c3ccc(OCC)c(C)c3)C(=O)C(=O)N2c2ccccc2)c1. The number of carbonyl (C=O) groups excluding carboxylic acids is 2. The van der Waals surface area contributed by atoms with E-state index in [1.54, 1.807) is 48.5 Å². The van der Waals surface area contributed by atoms with Gasteiger partial charge in [-0.1, -0.05) is 30.3 Å². The minimum absolute atomic E-state index is 0.0334. The first-order valence-corrected chi connectivity index (χ1v) is 11.3. The van der Waals surface area contributed by atoms with E-state index in [1.807, 2.05) is 45.0 Å². The van der Waals surface area contributed by atoms with Crippen LogP contribution in [0.2, 0.25) is 0 Å². The van der Waals surface area contributed by atoms with Crippen molar-refractivity contribution in [2.24, 2.45) is 0 Å². The van der Waals surface area contributed by atoms with E-state index in [-0.39, 0.29) is 11.3 Å². The van der Waals surface area contributed by atoms with Crippen LogP contribution in [0, 0.1) is 6.92 Å². The maximum Gasteiger partial charge on any atom is 0.300 e. The number of hydrogen-bond donors (Lipinski definition) is 1. The average molecular weight is 458 g/mol. The third kappa shape index (κ3) is 4.27. The predicted molar refractivity (Wildman–Crippen MR) is 131 cm³/mol. The highest BCUT2D eigenvalue weighted by atomic mass is 16.5. The Balaban J connectivity index is 1.91. The van der Waals surface area contributed by atoms with Crippen LogP contribution in [0.4, 0.5) is 5.69 Å². The molecule has 0 saturated carbocycles. The van der Waals surface area contributed by atoms with Crippen molar-refractivity contribution >= 4 is 23.1 Å². The fourth-order valence-corrected chi connectivity index (χ4v) is 4.21. The molecule has 1 saturated heterocycles. The van der Waals surface area contributed by atoms with Crippen molar-refractivity contribution in [3.8, 4) is 11.5 Å². The zero-order valence-electron chi connectivity index (χ0n) is 19.4.